The van der Waals surface area contributed by atoms with Crippen LogP contribution in [0, 0.1) is 0 Å². The van der Waals surface area contributed by atoms with Crippen LogP contribution >= 0.6 is 0 Å². The Kier molecular flexibility index (Phi) is 5.16. The fraction of sp³-hybridized carbons (Fsp3) is 0.769. The number of hydrogen-bond donors (Lipinski definition) is 1. The molecule has 0 bridgehead atoms. The lowest BCUT2D eigenvalue weighted by Crippen LogP contribution is -2.40. The predicted octanol–water partition coefficient (Wildman–Crippen LogP) is 0.886. The molecule has 1 aromatic heterocycles. The Hall–Kier alpha value is -0.910. The number of hydrogen-bond acceptors (Lipinski definition) is 4. The Morgan fingerprint density at radius 3 is 2.83 bits per heavy atom. The van der Waals surface area contributed by atoms with Gasteiger partial charge in [-0.05, 0) is 13.8 Å². The van der Waals surface area contributed by atoms with E-state index in [2.05, 4.69) is 35.4 Å². The first-order chi connectivity index (χ1) is 8.75. The van der Waals surface area contributed by atoms with Crippen LogP contribution in [0.3, 0.4) is 0 Å². The molecule has 1 aromatic rings. The largest absolute Gasteiger partial charge is 0.379 e. The first kappa shape index (κ1) is 13.5. The predicted molar refractivity (Wildman–Crippen MR) is 71.6 cm³/mol. The second-order valence-corrected chi connectivity index (χ2v) is 5.05. The van der Waals surface area contributed by atoms with E-state index >= 15 is 0 Å². The normalized spacial score (nSPS) is 17.5. The number of nitrogens with zero attached hydrogens (tertiary/aromatic N) is 3. The lowest BCUT2D eigenvalue weighted by Gasteiger charge is -2.26. The van der Waals surface area contributed by atoms with Gasteiger partial charge < -0.3 is 10.1 Å². The zero-order chi connectivity index (χ0) is 12.8. The first-order valence-corrected chi connectivity index (χ1v) is 6.79. The molecule has 0 radical (unpaired) electrons. The SMILES string of the molecule is CC(C)n1cc(CNCCN2CCOCC2)cn1. The van der Waals surface area contributed by atoms with Crippen molar-refractivity contribution in [2.24, 2.45) is 0 Å². The van der Waals surface area contributed by atoms with Crippen LogP contribution in [0.25, 0.3) is 0 Å². The van der Waals surface area contributed by atoms with Crippen molar-refractivity contribution in [2.75, 3.05) is 39.4 Å². The maximum atomic E-state index is 5.33. The summed E-state index contributed by atoms with van der Waals surface area (Å²) in [6.07, 6.45) is 4.06. The van der Waals surface area contributed by atoms with E-state index in [0.29, 0.717) is 6.04 Å². The summed E-state index contributed by atoms with van der Waals surface area (Å²) in [7, 11) is 0. The molecule has 18 heavy (non-hydrogen) atoms. The van der Waals surface area contributed by atoms with Crippen LogP contribution < -0.4 is 5.32 Å². The molecule has 0 aliphatic carbocycles. The quantitative estimate of drug-likeness (QED) is 0.763. The van der Waals surface area contributed by atoms with Crippen LogP contribution in [0.15, 0.2) is 12.4 Å². The molecule has 0 aromatic carbocycles. The molecule has 2 rings (SSSR count). The van der Waals surface area contributed by atoms with Gasteiger partial charge in [0.25, 0.3) is 0 Å². The van der Waals surface area contributed by atoms with E-state index in [1.165, 1.54) is 5.56 Å². The molecule has 1 saturated heterocycles. The summed E-state index contributed by atoms with van der Waals surface area (Å²) >= 11 is 0. The van der Waals surface area contributed by atoms with E-state index in [-0.39, 0.29) is 0 Å². The van der Waals surface area contributed by atoms with Crippen molar-refractivity contribution in [3.8, 4) is 0 Å². The summed E-state index contributed by atoms with van der Waals surface area (Å²) < 4.78 is 7.33. The van der Waals surface area contributed by atoms with Gasteiger partial charge in [-0.3, -0.25) is 9.58 Å². The highest BCUT2D eigenvalue weighted by Gasteiger charge is 2.09. The minimum atomic E-state index is 0.437. The van der Waals surface area contributed by atoms with Crippen molar-refractivity contribution in [1.29, 1.82) is 0 Å². The topological polar surface area (TPSA) is 42.3 Å². The molecule has 102 valence electrons. The molecule has 0 unspecified atom stereocenters. The smallest absolute Gasteiger partial charge is 0.0594 e. The molecule has 1 N–H and O–H groups in total. The molecule has 0 saturated carbocycles. The number of aromatic nitrogens is 2. The molecular weight excluding hydrogens is 228 g/mol. The third kappa shape index (κ3) is 4.08. The molecular formula is C13H24N4O. The number of rotatable bonds is 6. The van der Waals surface area contributed by atoms with Gasteiger partial charge in [-0.1, -0.05) is 0 Å². The third-order valence-electron chi connectivity index (χ3n) is 3.22. The Morgan fingerprint density at radius 2 is 2.17 bits per heavy atom. The Balaban J connectivity index is 1.62. The lowest BCUT2D eigenvalue weighted by molar-refractivity contribution is 0.0384. The maximum absolute atomic E-state index is 5.33. The molecule has 1 aliphatic heterocycles. The van der Waals surface area contributed by atoms with E-state index in [1.807, 2.05) is 10.9 Å². The number of nitrogens with one attached hydrogen (secondary N) is 1. The van der Waals surface area contributed by atoms with Crippen LogP contribution in [-0.2, 0) is 11.3 Å². The van der Waals surface area contributed by atoms with Gasteiger partial charge in [0, 0.05) is 50.5 Å². The van der Waals surface area contributed by atoms with Gasteiger partial charge in [0.05, 0.1) is 19.4 Å². The van der Waals surface area contributed by atoms with Gasteiger partial charge in [0.2, 0.25) is 0 Å². The van der Waals surface area contributed by atoms with Crippen molar-refractivity contribution in [3.05, 3.63) is 18.0 Å². The Bertz CT molecular complexity index is 345. The molecule has 1 aliphatic rings. The Morgan fingerprint density at radius 1 is 1.39 bits per heavy atom. The summed E-state index contributed by atoms with van der Waals surface area (Å²) in [4.78, 5) is 2.44. The van der Waals surface area contributed by atoms with Crippen LogP contribution in [0.5, 0.6) is 0 Å². The molecule has 2 heterocycles. The third-order valence-corrected chi connectivity index (χ3v) is 3.22. The summed E-state index contributed by atoms with van der Waals surface area (Å²) in [6, 6.07) is 0.437. The van der Waals surface area contributed by atoms with Gasteiger partial charge in [0.1, 0.15) is 0 Å². The van der Waals surface area contributed by atoms with Crippen LogP contribution in [0.4, 0.5) is 0 Å². The van der Waals surface area contributed by atoms with Crippen molar-refractivity contribution in [2.45, 2.75) is 26.4 Å². The van der Waals surface area contributed by atoms with Gasteiger partial charge in [-0.2, -0.15) is 5.10 Å². The minimum Gasteiger partial charge on any atom is -0.379 e. The minimum absolute atomic E-state index is 0.437. The van der Waals surface area contributed by atoms with Crippen LogP contribution in [0.2, 0.25) is 0 Å². The van der Waals surface area contributed by atoms with E-state index in [4.69, 9.17) is 4.74 Å². The van der Waals surface area contributed by atoms with Crippen molar-refractivity contribution < 1.29 is 4.74 Å². The highest BCUT2D eigenvalue weighted by molar-refractivity contribution is 5.03. The van der Waals surface area contributed by atoms with Crippen LogP contribution in [-0.4, -0.2) is 54.1 Å². The van der Waals surface area contributed by atoms with E-state index in [9.17, 15) is 0 Å². The maximum Gasteiger partial charge on any atom is 0.0594 e. The zero-order valence-corrected chi connectivity index (χ0v) is 11.4. The summed E-state index contributed by atoms with van der Waals surface area (Å²) in [6.45, 7) is 11.2. The second-order valence-electron chi connectivity index (χ2n) is 5.05. The van der Waals surface area contributed by atoms with E-state index < -0.39 is 0 Å². The summed E-state index contributed by atoms with van der Waals surface area (Å²) in [5.74, 6) is 0. The molecule has 5 nitrogen and oxygen atoms in total. The van der Waals surface area contributed by atoms with Crippen LogP contribution in [0.1, 0.15) is 25.5 Å². The molecule has 0 amide bonds. The van der Waals surface area contributed by atoms with Gasteiger partial charge in [0.15, 0.2) is 0 Å². The average molecular weight is 252 g/mol. The standard InChI is InChI=1S/C13H24N4O/c1-12(2)17-11-13(10-15-17)9-14-3-4-16-5-7-18-8-6-16/h10-12,14H,3-9H2,1-2H3. The zero-order valence-electron chi connectivity index (χ0n) is 11.4. The molecule has 0 spiro atoms. The highest BCUT2D eigenvalue weighted by Crippen LogP contribution is 2.04. The Labute approximate surface area is 109 Å². The van der Waals surface area contributed by atoms with Crippen molar-refractivity contribution in [1.82, 2.24) is 20.0 Å². The first-order valence-electron chi connectivity index (χ1n) is 6.79. The molecule has 1 fully saturated rings. The van der Waals surface area contributed by atoms with Gasteiger partial charge in [-0.25, -0.2) is 0 Å². The fourth-order valence-corrected chi connectivity index (χ4v) is 2.05. The second kappa shape index (κ2) is 6.87. The van der Waals surface area contributed by atoms with Crippen molar-refractivity contribution >= 4 is 0 Å². The monoisotopic (exact) mass is 252 g/mol. The van der Waals surface area contributed by atoms with E-state index in [0.717, 1.165) is 45.9 Å². The van der Waals surface area contributed by atoms with Gasteiger partial charge >= 0.3 is 0 Å². The lowest BCUT2D eigenvalue weighted by atomic mass is 10.3. The fourth-order valence-electron chi connectivity index (χ4n) is 2.05. The van der Waals surface area contributed by atoms with Gasteiger partial charge in [-0.15, -0.1) is 0 Å². The molecule has 0 atom stereocenters. The highest BCUT2D eigenvalue weighted by atomic mass is 16.5. The summed E-state index contributed by atoms with van der Waals surface area (Å²) in [5, 5.41) is 7.80. The number of morpholine rings is 1. The van der Waals surface area contributed by atoms with E-state index in [1.54, 1.807) is 0 Å². The average Bonchev–Trinajstić information content (AvgIpc) is 2.85. The molecule has 5 heteroatoms. The summed E-state index contributed by atoms with van der Waals surface area (Å²) in [5.41, 5.74) is 1.26. The number of ether oxygens (including phenoxy) is 1. The van der Waals surface area contributed by atoms with Crippen molar-refractivity contribution in [3.63, 3.8) is 0 Å².